The molecular weight excluding hydrogens is 210 g/mol. The molecule has 0 bridgehead atoms. The fraction of sp³-hybridized carbons (Fsp3) is 0.571. The average molecular weight is 231 g/mol. The van der Waals surface area contributed by atoms with Crippen molar-refractivity contribution in [2.24, 2.45) is 5.92 Å². The Morgan fingerprint density at radius 2 is 2.06 bits per heavy atom. The van der Waals surface area contributed by atoms with Gasteiger partial charge in [0.1, 0.15) is 0 Å². The number of fused-ring (bicyclic) bond motifs is 1. The lowest BCUT2D eigenvalue weighted by Gasteiger charge is -2.27. The Bertz CT molecular complexity index is 396. The van der Waals surface area contributed by atoms with Gasteiger partial charge in [-0.1, -0.05) is 19.3 Å². The monoisotopic (exact) mass is 231 g/mol. The van der Waals surface area contributed by atoms with Crippen LogP contribution in [0.4, 0.5) is 17.1 Å². The van der Waals surface area contributed by atoms with E-state index in [9.17, 15) is 0 Å². The van der Waals surface area contributed by atoms with Gasteiger partial charge in [0.15, 0.2) is 0 Å². The largest absolute Gasteiger partial charge is 0.399 e. The van der Waals surface area contributed by atoms with Crippen LogP contribution in [-0.4, -0.2) is 13.2 Å². The van der Waals surface area contributed by atoms with Gasteiger partial charge in [-0.2, -0.15) is 0 Å². The molecule has 2 aliphatic rings. The van der Waals surface area contributed by atoms with Crippen LogP contribution in [0.25, 0.3) is 0 Å². The van der Waals surface area contributed by atoms with Crippen LogP contribution in [-0.2, 0) is 0 Å². The summed E-state index contributed by atoms with van der Waals surface area (Å²) in [7, 11) is 0. The number of nitrogens with two attached hydrogens (primary N) is 1. The SMILES string of the molecule is Nc1ccc2c(c1)N(CC1CCCCC1)CN2. The van der Waals surface area contributed by atoms with Crippen LogP contribution in [0.2, 0.25) is 0 Å². The summed E-state index contributed by atoms with van der Waals surface area (Å²) in [4.78, 5) is 2.45. The topological polar surface area (TPSA) is 41.3 Å². The zero-order chi connectivity index (χ0) is 11.7. The quantitative estimate of drug-likeness (QED) is 0.769. The smallest absolute Gasteiger partial charge is 0.0877 e. The minimum absolute atomic E-state index is 0.862. The lowest BCUT2D eigenvalue weighted by atomic mass is 9.89. The molecule has 1 heterocycles. The van der Waals surface area contributed by atoms with E-state index in [0.717, 1.165) is 18.3 Å². The number of anilines is 3. The number of nitrogens with zero attached hydrogens (tertiary/aromatic N) is 1. The minimum Gasteiger partial charge on any atom is -0.399 e. The molecule has 0 spiro atoms. The van der Waals surface area contributed by atoms with Crippen molar-refractivity contribution in [1.29, 1.82) is 0 Å². The summed E-state index contributed by atoms with van der Waals surface area (Å²) in [5.74, 6) is 0.873. The van der Waals surface area contributed by atoms with Crippen LogP contribution in [0.1, 0.15) is 32.1 Å². The molecule has 0 amide bonds. The van der Waals surface area contributed by atoms with Gasteiger partial charge < -0.3 is 16.0 Å². The molecule has 0 saturated heterocycles. The zero-order valence-electron chi connectivity index (χ0n) is 10.3. The lowest BCUT2D eigenvalue weighted by molar-refractivity contribution is 0.360. The van der Waals surface area contributed by atoms with E-state index in [1.165, 1.54) is 50.0 Å². The standard InChI is InChI=1S/C14H21N3/c15-12-6-7-13-14(8-12)17(10-16-13)9-11-4-2-1-3-5-11/h6-8,11,16H,1-5,9-10,15H2. The van der Waals surface area contributed by atoms with Crippen LogP contribution in [0.15, 0.2) is 18.2 Å². The first-order valence-electron chi connectivity index (χ1n) is 6.71. The van der Waals surface area contributed by atoms with Gasteiger partial charge in [0.2, 0.25) is 0 Å². The van der Waals surface area contributed by atoms with Gasteiger partial charge >= 0.3 is 0 Å². The van der Waals surface area contributed by atoms with E-state index in [1.54, 1.807) is 0 Å². The van der Waals surface area contributed by atoms with E-state index in [0.29, 0.717) is 0 Å². The third-order valence-electron chi connectivity index (χ3n) is 4.03. The second-order valence-corrected chi connectivity index (χ2v) is 5.34. The normalized spacial score (nSPS) is 20.1. The summed E-state index contributed by atoms with van der Waals surface area (Å²) in [5.41, 5.74) is 9.25. The lowest BCUT2D eigenvalue weighted by Crippen LogP contribution is -2.30. The van der Waals surface area contributed by atoms with Crippen molar-refractivity contribution in [3.8, 4) is 0 Å². The molecule has 17 heavy (non-hydrogen) atoms. The number of nitrogen functional groups attached to an aromatic ring is 1. The molecule has 3 rings (SSSR count). The number of rotatable bonds is 2. The average Bonchev–Trinajstić information content (AvgIpc) is 2.73. The molecule has 1 aliphatic heterocycles. The highest BCUT2D eigenvalue weighted by atomic mass is 15.3. The third kappa shape index (κ3) is 2.19. The van der Waals surface area contributed by atoms with E-state index < -0.39 is 0 Å². The van der Waals surface area contributed by atoms with E-state index in [4.69, 9.17) is 5.73 Å². The van der Waals surface area contributed by atoms with Crippen LogP contribution in [0.3, 0.4) is 0 Å². The van der Waals surface area contributed by atoms with Crippen molar-refractivity contribution in [3.63, 3.8) is 0 Å². The maximum Gasteiger partial charge on any atom is 0.0877 e. The van der Waals surface area contributed by atoms with Crippen LogP contribution >= 0.6 is 0 Å². The Morgan fingerprint density at radius 1 is 1.24 bits per heavy atom. The molecule has 0 radical (unpaired) electrons. The fourth-order valence-corrected chi connectivity index (χ4v) is 3.07. The summed E-state index contributed by atoms with van der Waals surface area (Å²) < 4.78 is 0. The summed E-state index contributed by atoms with van der Waals surface area (Å²) in [6, 6.07) is 6.15. The van der Waals surface area contributed by atoms with E-state index in [-0.39, 0.29) is 0 Å². The minimum atomic E-state index is 0.862. The number of nitrogens with one attached hydrogen (secondary N) is 1. The van der Waals surface area contributed by atoms with Crippen molar-refractivity contribution >= 4 is 17.1 Å². The molecule has 0 atom stereocenters. The van der Waals surface area contributed by atoms with Gasteiger partial charge in [0.25, 0.3) is 0 Å². The Labute approximate surface area is 103 Å². The van der Waals surface area contributed by atoms with Crippen molar-refractivity contribution in [3.05, 3.63) is 18.2 Å². The number of hydrogen-bond acceptors (Lipinski definition) is 3. The molecule has 92 valence electrons. The van der Waals surface area contributed by atoms with E-state index >= 15 is 0 Å². The van der Waals surface area contributed by atoms with Crippen molar-refractivity contribution in [1.82, 2.24) is 0 Å². The molecule has 1 aromatic rings. The summed E-state index contributed by atoms with van der Waals surface area (Å²) in [6.45, 7) is 2.12. The van der Waals surface area contributed by atoms with E-state index in [2.05, 4.69) is 22.3 Å². The second-order valence-electron chi connectivity index (χ2n) is 5.34. The van der Waals surface area contributed by atoms with Gasteiger partial charge in [-0.05, 0) is 37.0 Å². The Morgan fingerprint density at radius 3 is 2.88 bits per heavy atom. The van der Waals surface area contributed by atoms with Gasteiger partial charge in [0.05, 0.1) is 18.0 Å². The highest BCUT2D eigenvalue weighted by Crippen LogP contribution is 2.35. The van der Waals surface area contributed by atoms with Gasteiger partial charge in [-0.3, -0.25) is 0 Å². The van der Waals surface area contributed by atoms with Crippen molar-refractivity contribution in [2.75, 3.05) is 29.2 Å². The van der Waals surface area contributed by atoms with Crippen molar-refractivity contribution in [2.45, 2.75) is 32.1 Å². The van der Waals surface area contributed by atoms with Gasteiger partial charge in [-0.15, -0.1) is 0 Å². The first-order valence-corrected chi connectivity index (χ1v) is 6.71. The number of benzene rings is 1. The fourth-order valence-electron chi connectivity index (χ4n) is 3.07. The summed E-state index contributed by atoms with van der Waals surface area (Å²) in [6.07, 6.45) is 7.05. The maximum atomic E-state index is 5.87. The van der Waals surface area contributed by atoms with E-state index in [1.807, 2.05) is 6.07 Å². The molecule has 1 aromatic carbocycles. The second kappa shape index (κ2) is 4.47. The Balaban J connectivity index is 1.72. The van der Waals surface area contributed by atoms with Crippen LogP contribution in [0.5, 0.6) is 0 Å². The third-order valence-corrected chi connectivity index (χ3v) is 4.03. The Kier molecular flexibility index (Phi) is 2.83. The van der Waals surface area contributed by atoms with Crippen LogP contribution in [0, 0.1) is 5.92 Å². The molecule has 3 nitrogen and oxygen atoms in total. The molecule has 3 N–H and O–H groups in total. The molecule has 1 fully saturated rings. The van der Waals surface area contributed by atoms with Crippen LogP contribution < -0.4 is 16.0 Å². The molecule has 0 aromatic heterocycles. The number of hydrogen-bond donors (Lipinski definition) is 2. The summed E-state index contributed by atoms with van der Waals surface area (Å²) in [5, 5.41) is 3.44. The summed E-state index contributed by atoms with van der Waals surface area (Å²) >= 11 is 0. The first kappa shape index (κ1) is 10.8. The first-order chi connectivity index (χ1) is 8.33. The van der Waals surface area contributed by atoms with Gasteiger partial charge in [0, 0.05) is 12.2 Å². The Hall–Kier alpha value is -1.38. The maximum absolute atomic E-state index is 5.87. The predicted molar refractivity (Wildman–Crippen MR) is 73.3 cm³/mol. The highest BCUT2D eigenvalue weighted by molar-refractivity contribution is 5.78. The predicted octanol–water partition coefficient (Wildman–Crippen LogP) is 3.04. The molecular formula is C14H21N3. The molecule has 0 unspecified atom stereocenters. The molecule has 1 aliphatic carbocycles. The molecule has 3 heteroatoms. The highest BCUT2D eigenvalue weighted by Gasteiger charge is 2.22. The molecule has 1 saturated carbocycles. The van der Waals surface area contributed by atoms with Crippen molar-refractivity contribution < 1.29 is 0 Å². The zero-order valence-corrected chi connectivity index (χ0v) is 10.3. The van der Waals surface area contributed by atoms with Gasteiger partial charge in [-0.25, -0.2) is 0 Å².